The maximum absolute atomic E-state index is 12.8. The van der Waals surface area contributed by atoms with E-state index < -0.39 is 24.7 Å². The molecule has 1 aliphatic rings. The van der Waals surface area contributed by atoms with Gasteiger partial charge in [0.15, 0.2) is 11.9 Å². The fourth-order valence-electron chi connectivity index (χ4n) is 2.88. The Kier molecular flexibility index (Phi) is 6.51. The monoisotopic (exact) mass is 362 g/mol. The standard InChI is InChI=1S/C17H25F3N2O3/c1-4-13-12(10-21(5-2)6-3)9-14(25-13)16(23)22-7-8-24-15(11-22)17(18,19)20/h9,15H,4-8,10-11H2,1-3H3/t15-/m1/s1. The third-order valence-electron chi connectivity index (χ3n) is 4.44. The Morgan fingerprint density at radius 3 is 2.56 bits per heavy atom. The number of ether oxygens (including phenoxy) is 1. The van der Waals surface area contributed by atoms with Gasteiger partial charge in [-0.3, -0.25) is 9.69 Å². The van der Waals surface area contributed by atoms with Crippen molar-refractivity contribution in [3.63, 3.8) is 0 Å². The summed E-state index contributed by atoms with van der Waals surface area (Å²) in [6.45, 7) is 7.89. The first kappa shape index (κ1) is 19.8. The highest BCUT2D eigenvalue weighted by molar-refractivity contribution is 5.92. The first-order valence-electron chi connectivity index (χ1n) is 8.61. The first-order valence-corrected chi connectivity index (χ1v) is 8.61. The predicted octanol–water partition coefficient (Wildman–Crippen LogP) is 3.09. The number of rotatable bonds is 6. The van der Waals surface area contributed by atoms with Gasteiger partial charge in [-0.15, -0.1) is 0 Å². The molecule has 1 aliphatic heterocycles. The summed E-state index contributed by atoms with van der Waals surface area (Å²) in [4.78, 5) is 15.9. The molecule has 1 fully saturated rings. The lowest BCUT2D eigenvalue weighted by molar-refractivity contribution is -0.233. The lowest BCUT2D eigenvalue weighted by Crippen LogP contribution is -2.51. The zero-order valence-electron chi connectivity index (χ0n) is 14.9. The van der Waals surface area contributed by atoms with Crippen LogP contribution in [0.5, 0.6) is 0 Å². The van der Waals surface area contributed by atoms with Gasteiger partial charge in [0, 0.05) is 25.1 Å². The van der Waals surface area contributed by atoms with E-state index >= 15 is 0 Å². The molecule has 0 aromatic carbocycles. The van der Waals surface area contributed by atoms with Crippen LogP contribution in [0.25, 0.3) is 0 Å². The van der Waals surface area contributed by atoms with Crippen LogP contribution in [-0.4, -0.2) is 60.8 Å². The van der Waals surface area contributed by atoms with Crippen LogP contribution in [0.4, 0.5) is 13.2 Å². The van der Waals surface area contributed by atoms with Crippen LogP contribution in [0.15, 0.2) is 10.5 Å². The average molecular weight is 362 g/mol. The number of hydrogen-bond donors (Lipinski definition) is 0. The maximum atomic E-state index is 12.8. The molecule has 0 unspecified atom stereocenters. The lowest BCUT2D eigenvalue weighted by atomic mass is 10.2. The summed E-state index contributed by atoms with van der Waals surface area (Å²) in [5.74, 6) is 0.288. The van der Waals surface area contributed by atoms with Crippen LogP contribution in [-0.2, 0) is 17.7 Å². The summed E-state index contributed by atoms with van der Waals surface area (Å²) in [6, 6.07) is 1.66. The third kappa shape index (κ3) is 4.76. The molecule has 0 bridgehead atoms. The zero-order chi connectivity index (χ0) is 18.6. The summed E-state index contributed by atoms with van der Waals surface area (Å²) in [7, 11) is 0. The molecule has 25 heavy (non-hydrogen) atoms. The van der Waals surface area contributed by atoms with Crippen LogP contribution in [0.1, 0.15) is 42.6 Å². The first-order chi connectivity index (χ1) is 11.8. The predicted molar refractivity (Wildman–Crippen MR) is 86.4 cm³/mol. The molecule has 0 radical (unpaired) electrons. The highest BCUT2D eigenvalue weighted by Gasteiger charge is 2.44. The van der Waals surface area contributed by atoms with Gasteiger partial charge in [0.2, 0.25) is 0 Å². The number of amides is 1. The second kappa shape index (κ2) is 8.23. The minimum Gasteiger partial charge on any atom is -0.456 e. The van der Waals surface area contributed by atoms with E-state index in [1.54, 1.807) is 6.07 Å². The number of aryl methyl sites for hydroxylation is 1. The van der Waals surface area contributed by atoms with Crippen molar-refractivity contribution in [2.75, 3.05) is 32.8 Å². The van der Waals surface area contributed by atoms with E-state index in [0.29, 0.717) is 18.7 Å². The molecule has 1 atom stereocenters. The molecule has 0 spiro atoms. The van der Waals surface area contributed by atoms with Gasteiger partial charge in [-0.05, 0) is 19.2 Å². The smallest absolute Gasteiger partial charge is 0.416 e. The molecule has 1 aromatic rings. The molecule has 1 amide bonds. The number of alkyl halides is 3. The van der Waals surface area contributed by atoms with Crippen molar-refractivity contribution in [1.82, 2.24) is 9.80 Å². The average Bonchev–Trinajstić information content (AvgIpc) is 3.01. The molecular formula is C17H25F3N2O3. The van der Waals surface area contributed by atoms with E-state index in [-0.39, 0.29) is 18.9 Å². The SMILES string of the molecule is CCc1oc(C(=O)N2CCO[C@@H](C(F)(F)F)C2)cc1CN(CC)CC. The van der Waals surface area contributed by atoms with E-state index in [1.165, 1.54) is 0 Å². The largest absolute Gasteiger partial charge is 0.456 e. The van der Waals surface area contributed by atoms with Gasteiger partial charge in [0.1, 0.15) is 5.76 Å². The Bertz CT molecular complexity index is 582. The number of carbonyl (C=O) groups excluding carboxylic acids is 1. The van der Waals surface area contributed by atoms with Crippen molar-refractivity contribution in [1.29, 1.82) is 0 Å². The summed E-state index contributed by atoms with van der Waals surface area (Å²) < 4.78 is 48.9. The van der Waals surface area contributed by atoms with Crippen LogP contribution < -0.4 is 0 Å². The van der Waals surface area contributed by atoms with Crippen LogP contribution in [0, 0.1) is 0 Å². The quantitative estimate of drug-likeness (QED) is 0.780. The van der Waals surface area contributed by atoms with Crippen molar-refractivity contribution in [2.24, 2.45) is 0 Å². The number of furan rings is 1. The van der Waals surface area contributed by atoms with Gasteiger partial charge < -0.3 is 14.1 Å². The topological polar surface area (TPSA) is 45.9 Å². The van der Waals surface area contributed by atoms with Crippen LogP contribution in [0.3, 0.4) is 0 Å². The molecule has 1 aromatic heterocycles. The normalized spacial score (nSPS) is 18.8. The second-order valence-electron chi connectivity index (χ2n) is 6.03. The van der Waals surface area contributed by atoms with Gasteiger partial charge in [0.05, 0.1) is 13.2 Å². The highest BCUT2D eigenvalue weighted by atomic mass is 19.4. The Balaban J connectivity index is 2.15. The molecule has 0 saturated carbocycles. The van der Waals surface area contributed by atoms with Gasteiger partial charge in [-0.1, -0.05) is 20.8 Å². The fraction of sp³-hybridized carbons (Fsp3) is 0.706. The van der Waals surface area contributed by atoms with Crippen molar-refractivity contribution in [3.8, 4) is 0 Å². The number of hydrogen-bond acceptors (Lipinski definition) is 4. The van der Waals surface area contributed by atoms with Gasteiger partial charge in [-0.2, -0.15) is 13.2 Å². The second-order valence-corrected chi connectivity index (χ2v) is 6.03. The summed E-state index contributed by atoms with van der Waals surface area (Å²) in [6.07, 6.45) is -5.80. The Morgan fingerprint density at radius 2 is 2.00 bits per heavy atom. The van der Waals surface area contributed by atoms with Gasteiger partial charge in [0.25, 0.3) is 5.91 Å². The molecule has 2 heterocycles. The third-order valence-corrected chi connectivity index (χ3v) is 4.44. The van der Waals surface area contributed by atoms with E-state index in [2.05, 4.69) is 4.90 Å². The number of nitrogens with zero attached hydrogens (tertiary/aromatic N) is 2. The zero-order valence-corrected chi connectivity index (χ0v) is 14.9. The van der Waals surface area contributed by atoms with E-state index in [1.807, 2.05) is 20.8 Å². The van der Waals surface area contributed by atoms with E-state index in [4.69, 9.17) is 9.15 Å². The summed E-state index contributed by atoms with van der Waals surface area (Å²) >= 11 is 0. The van der Waals surface area contributed by atoms with Crippen LogP contribution in [0.2, 0.25) is 0 Å². The molecule has 0 N–H and O–H groups in total. The minimum atomic E-state index is -4.48. The number of halogens is 3. The minimum absolute atomic E-state index is 0.0989. The summed E-state index contributed by atoms with van der Waals surface area (Å²) in [5.41, 5.74) is 0.912. The Hall–Kier alpha value is -1.54. The summed E-state index contributed by atoms with van der Waals surface area (Å²) in [5, 5.41) is 0. The van der Waals surface area contributed by atoms with Crippen molar-refractivity contribution >= 4 is 5.91 Å². The van der Waals surface area contributed by atoms with Gasteiger partial charge in [-0.25, -0.2) is 0 Å². The maximum Gasteiger partial charge on any atom is 0.416 e. The Morgan fingerprint density at radius 1 is 1.32 bits per heavy atom. The molecule has 1 saturated heterocycles. The molecule has 8 heteroatoms. The number of morpholine rings is 1. The van der Waals surface area contributed by atoms with E-state index in [9.17, 15) is 18.0 Å². The molecule has 0 aliphatic carbocycles. The highest BCUT2D eigenvalue weighted by Crippen LogP contribution is 2.27. The van der Waals surface area contributed by atoms with Crippen molar-refractivity contribution < 1.29 is 27.1 Å². The fourth-order valence-corrected chi connectivity index (χ4v) is 2.88. The molecule has 2 rings (SSSR count). The molecule has 5 nitrogen and oxygen atoms in total. The van der Waals surface area contributed by atoms with Crippen molar-refractivity contribution in [3.05, 3.63) is 23.2 Å². The van der Waals surface area contributed by atoms with Crippen molar-refractivity contribution in [2.45, 2.75) is 46.0 Å². The number of carbonyl (C=O) groups is 1. The molecular weight excluding hydrogens is 337 g/mol. The Labute approximate surface area is 145 Å². The van der Waals surface area contributed by atoms with Gasteiger partial charge >= 0.3 is 6.18 Å². The lowest BCUT2D eigenvalue weighted by Gasteiger charge is -2.33. The van der Waals surface area contributed by atoms with E-state index in [0.717, 1.165) is 23.6 Å². The molecule has 142 valence electrons. The van der Waals surface area contributed by atoms with Crippen LogP contribution >= 0.6 is 0 Å².